The second-order valence-corrected chi connectivity index (χ2v) is 9.81. The lowest BCUT2D eigenvalue weighted by Gasteiger charge is -2.37. The Labute approximate surface area is 235 Å². The SMILES string of the molecule is O=C1COC(C2OC(=O)N(c3ccc(F)cc3)C2c2ccc(OCc3ccccc3)cc2)CN1c1ccc(F)cc1. The molecule has 9 heteroatoms. The smallest absolute Gasteiger partial charge is 0.415 e. The van der Waals surface area contributed by atoms with Gasteiger partial charge in [-0.1, -0.05) is 42.5 Å². The summed E-state index contributed by atoms with van der Waals surface area (Å²) >= 11 is 0. The van der Waals surface area contributed by atoms with E-state index in [1.165, 1.54) is 58.3 Å². The average molecular weight is 557 g/mol. The second-order valence-electron chi connectivity index (χ2n) is 9.81. The van der Waals surface area contributed by atoms with Gasteiger partial charge in [-0.25, -0.2) is 13.6 Å². The van der Waals surface area contributed by atoms with Crippen molar-refractivity contribution < 1.29 is 32.6 Å². The van der Waals surface area contributed by atoms with Crippen molar-refractivity contribution in [2.75, 3.05) is 23.0 Å². The molecule has 7 nitrogen and oxygen atoms in total. The third kappa shape index (κ3) is 5.62. The van der Waals surface area contributed by atoms with Crippen LogP contribution in [0.1, 0.15) is 17.2 Å². The van der Waals surface area contributed by atoms with E-state index in [-0.39, 0.29) is 19.1 Å². The third-order valence-corrected chi connectivity index (χ3v) is 7.19. The Morgan fingerprint density at radius 2 is 1.41 bits per heavy atom. The van der Waals surface area contributed by atoms with Crippen LogP contribution in [0, 0.1) is 11.6 Å². The molecule has 6 rings (SSSR count). The molecule has 0 aromatic heterocycles. The highest BCUT2D eigenvalue weighted by atomic mass is 19.1. The fourth-order valence-corrected chi connectivity index (χ4v) is 5.15. The number of carbonyl (C=O) groups is 2. The minimum Gasteiger partial charge on any atom is -0.489 e. The summed E-state index contributed by atoms with van der Waals surface area (Å²) in [4.78, 5) is 29.0. The molecule has 0 aliphatic carbocycles. The zero-order chi connectivity index (χ0) is 28.3. The summed E-state index contributed by atoms with van der Waals surface area (Å²) < 4.78 is 45.0. The number of rotatable bonds is 7. The molecule has 3 unspecified atom stereocenters. The van der Waals surface area contributed by atoms with E-state index in [4.69, 9.17) is 14.2 Å². The summed E-state index contributed by atoms with van der Waals surface area (Å²) in [7, 11) is 0. The van der Waals surface area contributed by atoms with Crippen molar-refractivity contribution in [3.8, 4) is 5.75 Å². The van der Waals surface area contributed by atoms with Gasteiger partial charge in [-0.05, 0) is 71.8 Å². The molecular weight excluding hydrogens is 530 g/mol. The Morgan fingerprint density at radius 3 is 2.07 bits per heavy atom. The molecule has 4 aromatic carbocycles. The van der Waals surface area contributed by atoms with Crippen LogP contribution in [-0.2, 0) is 20.9 Å². The third-order valence-electron chi connectivity index (χ3n) is 7.19. The summed E-state index contributed by atoms with van der Waals surface area (Å²) in [5, 5.41) is 0. The summed E-state index contributed by atoms with van der Waals surface area (Å²) in [6.45, 7) is 0.263. The lowest BCUT2D eigenvalue weighted by molar-refractivity contribution is -0.133. The molecule has 2 fully saturated rings. The normalized spacial score (nSPS) is 20.7. The molecule has 0 saturated carbocycles. The highest BCUT2D eigenvalue weighted by Gasteiger charge is 2.49. The van der Waals surface area contributed by atoms with Gasteiger partial charge in [-0.2, -0.15) is 0 Å². The molecule has 0 N–H and O–H groups in total. The molecule has 2 saturated heterocycles. The predicted molar refractivity (Wildman–Crippen MR) is 148 cm³/mol. The quantitative estimate of drug-likeness (QED) is 0.278. The van der Waals surface area contributed by atoms with E-state index in [0.29, 0.717) is 23.7 Å². The number of carbonyl (C=O) groups excluding carboxylic acids is 2. The fraction of sp³-hybridized carbons (Fsp3) is 0.188. The summed E-state index contributed by atoms with van der Waals surface area (Å²) in [5.41, 5.74) is 2.74. The molecule has 0 spiro atoms. The minimum absolute atomic E-state index is 0.0917. The Hall–Kier alpha value is -4.76. The summed E-state index contributed by atoms with van der Waals surface area (Å²) in [5.74, 6) is -0.487. The molecule has 4 aromatic rings. The lowest BCUT2D eigenvalue weighted by atomic mass is 9.95. The number of cyclic esters (lactones) is 1. The molecular formula is C32H26F2N2O5. The number of benzene rings is 4. The number of anilines is 2. The van der Waals surface area contributed by atoms with E-state index in [9.17, 15) is 18.4 Å². The monoisotopic (exact) mass is 556 g/mol. The molecule has 2 amide bonds. The zero-order valence-electron chi connectivity index (χ0n) is 21.9. The predicted octanol–water partition coefficient (Wildman–Crippen LogP) is 6.04. The van der Waals surface area contributed by atoms with E-state index in [1.807, 2.05) is 54.6 Å². The zero-order valence-corrected chi connectivity index (χ0v) is 21.9. The first-order valence-electron chi connectivity index (χ1n) is 13.2. The highest BCUT2D eigenvalue weighted by Crippen LogP contribution is 2.41. The van der Waals surface area contributed by atoms with Crippen molar-refractivity contribution in [3.05, 3.63) is 126 Å². The van der Waals surface area contributed by atoms with Gasteiger partial charge >= 0.3 is 6.09 Å². The van der Waals surface area contributed by atoms with E-state index in [0.717, 1.165) is 11.1 Å². The van der Waals surface area contributed by atoms with Crippen molar-refractivity contribution in [1.82, 2.24) is 0 Å². The molecule has 3 atom stereocenters. The van der Waals surface area contributed by atoms with Gasteiger partial charge in [0, 0.05) is 11.4 Å². The number of amides is 2. The Bertz CT molecular complexity index is 1510. The maximum atomic E-state index is 13.7. The van der Waals surface area contributed by atoms with Gasteiger partial charge in [0.15, 0.2) is 6.10 Å². The number of hydrogen-bond donors (Lipinski definition) is 0. The Balaban J connectivity index is 1.29. The Morgan fingerprint density at radius 1 is 0.780 bits per heavy atom. The van der Waals surface area contributed by atoms with Crippen molar-refractivity contribution in [2.45, 2.75) is 24.9 Å². The van der Waals surface area contributed by atoms with Crippen molar-refractivity contribution in [3.63, 3.8) is 0 Å². The van der Waals surface area contributed by atoms with Crippen molar-refractivity contribution in [1.29, 1.82) is 0 Å². The van der Waals surface area contributed by atoms with Gasteiger partial charge in [-0.15, -0.1) is 0 Å². The molecule has 2 aliphatic rings. The summed E-state index contributed by atoms with van der Waals surface area (Å²) in [6, 6.07) is 27.7. The molecule has 208 valence electrons. The van der Waals surface area contributed by atoms with Crippen LogP contribution in [0.4, 0.5) is 25.0 Å². The van der Waals surface area contributed by atoms with E-state index in [2.05, 4.69) is 0 Å². The van der Waals surface area contributed by atoms with Crippen LogP contribution in [-0.4, -0.2) is 37.4 Å². The Kier molecular flexibility index (Phi) is 7.35. The van der Waals surface area contributed by atoms with Crippen LogP contribution in [0.5, 0.6) is 5.75 Å². The van der Waals surface area contributed by atoms with Crippen molar-refractivity contribution in [2.24, 2.45) is 0 Å². The van der Waals surface area contributed by atoms with Gasteiger partial charge < -0.3 is 19.1 Å². The number of hydrogen-bond acceptors (Lipinski definition) is 5. The summed E-state index contributed by atoms with van der Waals surface area (Å²) in [6.07, 6.45) is -2.12. The van der Waals surface area contributed by atoms with E-state index >= 15 is 0 Å². The lowest BCUT2D eigenvalue weighted by Crippen LogP contribution is -2.52. The minimum atomic E-state index is -0.806. The highest BCUT2D eigenvalue weighted by molar-refractivity contribution is 5.95. The molecule has 0 radical (unpaired) electrons. The van der Waals surface area contributed by atoms with E-state index in [1.54, 1.807) is 0 Å². The standard InChI is InChI=1S/C32H26F2N2O5/c33-23-8-12-25(13-9-23)35-18-28(40-20-29(35)37)31-30(36(32(38)41-31)26-14-10-24(34)11-15-26)22-6-16-27(17-7-22)39-19-21-4-2-1-3-5-21/h1-17,28,30-31H,18-20H2. The number of halogens is 2. The fourth-order valence-electron chi connectivity index (χ4n) is 5.15. The number of ether oxygens (including phenoxy) is 3. The van der Waals surface area contributed by atoms with Crippen LogP contribution in [0.25, 0.3) is 0 Å². The first-order valence-corrected chi connectivity index (χ1v) is 13.2. The molecule has 41 heavy (non-hydrogen) atoms. The molecule has 2 heterocycles. The molecule has 0 bridgehead atoms. The van der Waals surface area contributed by atoms with Gasteiger partial charge in [0.1, 0.15) is 42.7 Å². The largest absolute Gasteiger partial charge is 0.489 e. The second kappa shape index (κ2) is 11.4. The average Bonchev–Trinajstić information content (AvgIpc) is 3.35. The van der Waals surface area contributed by atoms with Gasteiger partial charge in [0.25, 0.3) is 5.91 Å². The van der Waals surface area contributed by atoms with Crippen molar-refractivity contribution >= 4 is 23.4 Å². The van der Waals surface area contributed by atoms with Gasteiger partial charge in [0.2, 0.25) is 0 Å². The number of morpholine rings is 1. The maximum absolute atomic E-state index is 13.7. The first-order chi connectivity index (χ1) is 20.0. The topological polar surface area (TPSA) is 68.3 Å². The van der Waals surface area contributed by atoms with Crippen LogP contribution in [0.2, 0.25) is 0 Å². The number of nitrogens with zero attached hydrogens (tertiary/aromatic N) is 2. The van der Waals surface area contributed by atoms with Crippen LogP contribution in [0.3, 0.4) is 0 Å². The maximum Gasteiger partial charge on any atom is 0.415 e. The first kappa shape index (κ1) is 26.5. The van der Waals surface area contributed by atoms with Gasteiger partial charge in [-0.3, -0.25) is 9.69 Å². The van der Waals surface area contributed by atoms with E-state index < -0.39 is 36.0 Å². The van der Waals surface area contributed by atoms with Gasteiger partial charge in [0.05, 0.1) is 6.54 Å². The van der Waals surface area contributed by atoms with Crippen LogP contribution < -0.4 is 14.5 Å². The molecule has 2 aliphatic heterocycles. The van der Waals surface area contributed by atoms with Crippen LogP contribution in [0.15, 0.2) is 103 Å². The van der Waals surface area contributed by atoms with Crippen LogP contribution >= 0.6 is 0 Å².